The summed E-state index contributed by atoms with van der Waals surface area (Å²) in [5.74, 6) is 5.11. The standard InChI is InChI=1S/C21H12Cl3NO2/c22-15-8-9-19(14(10-15)7-6-13-4-2-1-3-5-13)25-21(27)17-11-16(23)12-18(24)20(17)26/h1-5,8-12,26H,(H,25,27). The lowest BCUT2D eigenvalue weighted by Gasteiger charge is -2.10. The first-order valence-corrected chi connectivity index (χ1v) is 8.93. The Bertz CT molecular complexity index is 1070. The molecule has 0 saturated heterocycles. The van der Waals surface area contributed by atoms with E-state index in [1.54, 1.807) is 18.2 Å². The fourth-order valence-electron chi connectivity index (χ4n) is 2.32. The number of amides is 1. The number of benzene rings is 3. The number of nitrogens with one attached hydrogen (secondary N) is 1. The van der Waals surface area contributed by atoms with Gasteiger partial charge in [-0.25, -0.2) is 0 Å². The number of rotatable bonds is 2. The second-order valence-corrected chi connectivity index (χ2v) is 6.82. The van der Waals surface area contributed by atoms with Gasteiger partial charge in [-0.05, 0) is 42.5 Å². The van der Waals surface area contributed by atoms with Gasteiger partial charge in [0.05, 0.1) is 16.3 Å². The van der Waals surface area contributed by atoms with Gasteiger partial charge in [-0.15, -0.1) is 0 Å². The van der Waals surface area contributed by atoms with Gasteiger partial charge in [0.1, 0.15) is 5.75 Å². The Morgan fingerprint density at radius 3 is 2.37 bits per heavy atom. The summed E-state index contributed by atoms with van der Waals surface area (Å²) in [6.45, 7) is 0. The lowest BCUT2D eigenvalue weighted by atomic mass is 10.1. The average Bonchev–Trinajstić information content (AvgIpc) is 2.65. The molecule has 0 aliphatic carbocycles. The molecule has 0 bridgehead atoms. The zero-order chi connectivity index (χ0) is 19.4. The third-order valence-corrected chi connectivity index (χ3v) is 4.36. The van der Waals surface area contributed by atoms with Crippen LogP contribution in [0.1, 0.15) is 21.5 Å². The summed E-state index contributed by atoms with van der Waals surface area (Å²) in [6, 6.07) is 17.0. The van der Waals surface area contributed by atoms with Gasteiger partial charge in [0.15, 0.2) is 0 Å². The maximum atomic E-state index is 12.6. The molecule has 27 heavy (non-hydrogen) atoms. The number of phenols is 1. The van der Waals surface area contributed by atoms with Crippen molar-refractivity contribution in [3.63, 3.8) is 0 Å². The van der Waals surface area contributed by atoms with Crippen molar-refractivity contribution in [2.45, 2.75) is 0 Å². The number of hydrogen-bond donors (Lipinski definition) is 2. The highest BCUT2D eigenvalue weighted by Gasteiger charge is 2.16. The van der Waals surface area contributed by atoms with Crippen LogP contribution in [0.25, 0.3) is 0 Å². The van der Waals surface area contributed by atoms with Crippen LogP contribution in [0.2, 0.25) is 15.1 Å². The topological polar surface area (TPSA) is 49.3 Å². The summed E-state index contributed by atoms with van der Waals surface area (Å²) in [7, 11) is 0. The van der Waals surface area contributed by atoms with Crippen molar-refractivity contribution in [1.29, 1.82) is 0 Å². The van der Waals surface area contributed by atoms with Crippen molar-refractivity contribution in [3.05, 3.63) is 92.4 Å². The van der Waals surface area contributed by atoms with Gasteiger partial charge < -0.3 is 10.4 Å². The summed E-state index contributed by atoms with van der Waals surface area (Å²) in [4.78, 5) is 12.6. The molecule has 3 aromatic carbocycles. The molecule has 2 N–H and O–H groups in total. The fraction of sp³-hybridized carbons (Fsp3) is 0. The van der Waals surface area contributed by atoms with Crippen LogP contribution in [0.3, 0.4) is 0 Å². The molecule has 0 heterocycles. The maximum absolute atomic E-state index is 12.6. The van der Waals surface area contributed by atoms with Crippen molar-refractivity contribution < 1.29 is 9.90 Å². The van der Waals surface area contributed by atoms with Crippen molar-refractivity contribution >= 4 is 46.4 Å². The normalized spacial score (nSPS) is 10.0. The van der Waals surface area contributed by atoms with Gasteiger partial charge in [0.2, 0.25) is 0 Å². The molecule has 0 aliphatic heterocycles. The van der Waals surface area contributed by atoms with Crippen LogP contribution in [-0.4, -0.2) is 11.0 Å². The second-order valence-electron chi connectivity index (χ2n) is 5.54. The molecule has 0 unspecified atom stereocenters. The summed E-state index contributed by atoms with van der Waals surface area (Å²) in [5.41, 5.74) is 1.77. The van der Waals surface area contributed by atoms with Gasteiger partial charge in [-0.3, -0.25) is 4.79 Å². The lowest BCUT2D eigenvalue weighted by molar-refractivity contribution is 0.102. The number of halogens is 3. The quantitative estimate of drug-likeness (QED) is 0.503. The van der Waals surface area contributed by atoms with E-state index in [2.05, 4.69) is 17.2 Å². The van der Waals surface area contributed by atoms with Crippen molar-refractivity contribution in [1.82, 2.24) is 0 Å². The number of aromatic hydroxyl groups is 1. The van der Waals surface area contributed by atoms with Gasteiger partial charge in [0.25, 0.3) is 5.91 Å². The van der Waals surface area contributed by atoms with Gasteiger partial charge >= 0.3 is 0 Å². The van der Waals surface area contributed by atoms with Crippen LogP contribution in [-0.2, 0) is 0 Å². The molecule has 3 rings (SSSR count). The Kier molecular flexibility index (Phi) is 5.93. The first-order chi connectivity index (χ1) is 12.9. The molecule has 0 aromatic heterocycles. The lowest BCUT2D eigenvalue weighted by Crippen LogP contribution is -2.13. The summed E-state index contributed by atoms with van der Waals surface area (Å²) in [6.07, 6.45) is 0. The van der Waals surface area contributed by atoms with Crippen LogP contribution < -0.4 is 5.32 Å². The molecule has 0 fully saturated rings. The van der Waals surface area contributed by atoms with E-state index in [9.17, 15) is 9.90 Å². The van der Waals surface area contributed by atoms with E-state index in [4.69, 9.17) is 34.8 Å². The molecule has 0 radical (unpaired) electrons. The summed E-state index contributed by atoms with van der Waals surface area (Å²) < 4.78 is 0. The van der Waals surface area contributed by atoms with E-state index in [1.807, 2.05) is 30.3 Å². The van der Waals surface area contributed by atoms with Crippen molar-refractivity contribution in [3.8, 4) is 17.6 Å². The highest BCUT2D eigenvalue weighted by molar-refractivity contribution is 6.36. The number of carbonyl (C=O) groups is 1. The molecule has 0 saturated carbocycles. The predicted octanol–water partition coefficient (Wildman–Crippen LogP) is 6.00. The third-order valence-electron chi connectivity index (χ3n) is 3.62. The van der Waals surface area contributed by atoms with Gasteiger partial charge in [0, 0.05) is 21.2 Å². The van der Waals surface area contributed by atoms with Crippen LogP contribution >= 0.6 is 34.8 Å². The van der Waals surface area contributed by atoms with Crippen molar-refractivity contribution in [2.24, 2.45) is 0 Å². The maximum Gasteiger partial charge on any atom is 0.259 e. The SMILES string of the molecule is O=C(Nc1ccc(Cl)cc1C#Cc1ccccc1)c1cc(Cl)cc(Cl)c1O. The number of hydrogen-bond acceptors (Lipinski definition) is 2. The minimum Gasteiger partial charge on any atom is -0.506 e. The Hall–Kier alpha value is -2.64. The highest BCUT2D eigenvalue weighted by Crippen LogP contribution is 2.32. The van der Waals surface area contributed by atoms with E-state index in [-0.39, 0.29) is 21.4 Å². The Morgan fingerprint density at radius 1 is 0.889 bits per heavy atom. The van der Waals surface area contributed by atoms with Crippen LogP contribution in [0, 0.1) is 11.8 Å². The Labute approximate surface area is 171 Å². The summed E-state index contributed by atoms with van der Waals surface area (Å²) >= 11 is 17.9. The van der Waals surface area contributed by atoms with Crippen molar-refractivity contribution in [2.75, 3.05) is 5.32 Å². The Morgan fingerprint density at radius 2 is 1.63 bits per heavy atom. The second kappa shape index (κ2) is 8.37. The molecule has 1 amide bonds. The molecular formula is C21H12Cl3NO2. The van der Waals surface area contributed by atoms with E-state index < -0.39 is 5.91 Å². The van der Waals surface area contributed by atoms with E-state index >= 15 is 0 Å². The molecule has 3 nitrogen and oxygen atoms in total. The fourth-order valence-corrected chi connectivity index (χ4v) is 2.98. The zero-order valence-corrected chi connectivity index (χ0v) is 16.0. The van der Waals surface area contributed by atoms with Gasteiger partial charge in [-0.2, -0.15) is 0 Å². The third kappa shape index (κ3) is 4.75. The number of carbonyl (C=O) groups excluding carboxylic acids is 1. The smallest absolute Gasteiger partial charge is 0.259 e. The molecule has 0 aliphatic rings. The minimum atomic E-state index is -0.568. The monoisotopic (exact) mass is 415 g/mol. The molecule has 3 aromatic rings. The molecular weight excluding hydrogens is 405 g/mol. The van der Waals surface area contributed by atoms with E-state index in [1.165, 1.54) is 12.1 Å². The molecule has 0 spiro atoms. The first-order valence-electron chi connectivity index (χ1n) is 7.80. The molecule has 0 atom stereocenters. The van der Waals surface area contributed by atoms with E-state index in [0.29, 0.717) is 16.3 Å². The van der Waals surface area contributed by atoms with Crippen LogP contribution in [0.15, 0.2) is 60.7 Å². The highest BCUT2D eigenvalue weighted by atomic mass is 35.5. The number of anilines is 1. The predicted molar refractivity (Wildman–Crippen MR) is 110 cm³/mol. The molecule has 134 valence electrons. The molecule has 6 heteroatoms. The first kappa shape index (κ1) is 19.1. The average molecular weight is 417 g/mol. The minimum absolute atomic E-state index is 0.00662. The van der Waals surface area contributed by atoms with Crippen LogP contribution in [0.4, 0.5) is 5.69 Å². The van der Waals surface area contributed by atoms with Gasteiger partial charge in [-0.1, -0.05) is 64.8 Å². The zero-order valence-electron chi connectivity index (χ0n) is 13.8. The largest absolute Gasteiger partial charge is 0.506 e. The van der Waals surface area contributed by atoms with E-state index in [0.717, 1.165) is 5.56 Å². The summed E-state index contributed by atoms with van der Waals surface area (Å²) in [5, 5.41) is 13.5. The Balaban J connectivity index is 1.94. The number of phenolic OH excluding ortho intramolecular Hbond substituents is 1. The van der Waals surface area contributed by atoms with Crippen LogP contribution in [0.5, 0.6) is 5.75 Å².